The van der Waals surface area contributed by atoms with Gasteiger partial charge in [0.05, 0.1) is 22.6 Å². The molecule has 4 aliphatic carbocycles. The number of carbonyl (C=O) groups is 2. The van der Waals surface area contributed by atoms with E-state index in [1.807, 2.05) is 51.1 Å². The fourth-order valence-electron chi connectivity index (χ4n) is 12.6. The number of ether oxygens (including phenoxy) is 1. The molecule has 0 aliphatic heterocycles. The summed E-state index contributed by atoms with van der Waals surface area (Å²) in [6.07, 6.45) is 7.12. The number of carbonyl (C=O) groups excluding carboxylic acids is 1. The first-order valence-corrected chi connectivity index (χ1v) is 24.6. The number of carboxylic acid groups (broad SMARTS) is 1. The maximum absolute atomic E-state index is 13.4. The Morgan fingerprint density at radius 2 is 1.80 bits per heavy atom. The highest BCUT2D eigenvalue weighted by Crippen LogP contribution is 2.74. The number of aromatic nitrogens is 1. The number of rotatable bonds is 13. The van der Waals surface area contributed by atoms with Crippen molar-refractivity contribution in [1.29, 1.82) is 0 Å². The number of benzene rings is 1. The molecular formula is C51H69BrFN3O7S. The van der Waals surface area contributed by atoms with E-state index >= 15 is 0 Å². The topological polar surface area (TPSA) is 161 Å². The number of fused-ring (bicyclic) bond motifs is 6. The number of H-pyrrole nitrogens is 1. The SMILES string of the molecule is C=C(F)c1sc(CNCCCNc2cc(=O)c3ccccc3[nH]2)c(C)c1Br.CC(=O)O[C@H]1C[C@@]2(C)[C@@H](CC(O)C3[C@]2(C)CC[C@H]2[C@H](C)[C@H](O)CC[C@]32C)/C1=C(/CCC=C(C)C)C(=O)O. The van der Waals surface area contributed by atoms with E-state index in [-0.39, 0.29) is 45.5 Å². The third-order valence-corrected chi connectivity index (χ3v) is 18.4. The molecule has 64 heavy (non-hydrogen) atoms. The molecule has 0 bridgehead atoms. The van der Waals surface area contributed by atoms with E-state index in [1.165, 1.54) is 18.3 Å². The van der Waals surface area contributed by atoms with E-state index in [2.05, 4.69) is 65.8 Å². The van der Waals surface area contributed by atoms with Crippen molar-refractivity contribution in [3.63, 3.8) is 0 Å². The van der Waals surface area contributed by atoms with Crippen LogP contribution in [0.3, 0.4) is 0 Å². The van der Waals surface area contributed by atoms with Gasteiger partial charge < -0.3 is 35.7 Å². The Morgan fingerprint density at radius 1 is 1.08 bits per heavy atom. The average molecular weight is 967 g/mol. The summed E-state index contributed by atoms with van der Waals surface area (Å²) in [7, 11) is 0. The van der Waals surface area contributed by atoms with Crippen molar-refractivity contribution in [1.82, 2.24) is 10.3 Å². The second kappa shape index (κ2) is 20.1. The number of thiophene rings is 1. The summed E-state index contributed by atoms with van der Waals surface area (Å²) in [6.45, 7) is 22.0. The lowest BCUT2D eigenvalue weighted by Gasteiger charge is -2.69. The Labute approximate surface area is 390 Å². The number of carboxylic acids is 1. The van der Waals surface area contributed by atoms with Gasteiger partial charge in [0, 0.05) is 46.4 Å². The van der Waals surface area contributed by atoms with Gasteiger partial charge in [-0.3, -0.25) is 9.59 Å². The number of pyridine rings is 1. The Kier molecular flexibility index (Phi) is 15.6. The number of aliphatic hydroxyl groups excluding tert-OH is 2. The summed E-state index contributed by atoms with van der Waals surface area (Å²) >= 11 is 4.85. The van der Waals surface area contributed by atoms with Crippen LogP contribution in [-0.4, -0.2) is 63.6 Å². The fraction of sp³-hybridized carbons (Fsp3) is 0.588. The molecule has 0 spiro atoms. The van der Waals surface area contributed by atoms with Crippen LogP contribution in [-0.2, 0) is 20.9 Å². The summed E-state index contributed by atoms with van der Waals surface area (Å²) in [4.78, 5) is 41.8. The molecular weight excluding hydrogens is 898 g/mol. The van der Waals surface area contributed by atoms with Gasteiger partial charge in [0.1, 0.15) is 17.7 Å². The van der Waals surface area contributed by atoms with Gasteiger partial charge in [-0.25, -0.2) is 9.18 Å². The lowest BCUT2D eigenvalue weighted by atomic mass is 9.36. The first kappa shape index (κ1) is 49.8. The number of aliphatic hydroxyl groups is 2. The van der Waals surface area contributed by atoms with E-state index in [0.717, 1.165) is 82.6 Å². The van der Waals surface area contributed by atoms with Crippen LogP contribution >= 0.6 is 27.3 Å². The zero-order valence-corrected chi connectivity index (χ0v) is 41.2. The maximum Gasteiger partial charge on any atom is 0.331 e. The minimum absolute atomic E-state index is 0.00831. The molecule has 10 nitrogen and oxygen atoms in total. The number of esters is 1. The highest BCUT2D eigenvalue weighted by molar-refractivity contribution is 9.10. The monoisotopic (exact) mass is 965 g/mol. The van der Waals surface area contributed by atoms with Gasteiger partial charge in [-0.2, -0.15) is 0 Å². The Morgan fingerprint density at radius 3 is 2.45 bits per heavy atom. The maximum atomic E-state index is 13.4. The minimum Gasteiger partial charge on any atom is -0.478 e. The highest BCUT2D eigenvalue weighted by Gasteiger charge is 2.70. The van der Waals surface area contributed by atoms with Crippen LogP contribution in [0.25, 0.3) is 16.7 Å². The Bertz CT molecular complexity index is 2350. The van der Waals surface area contributed by atoms with Gasteiger partial charge in [0.15, 0.2) is 5.43 Å². The van der Waals surface area contributed by atoms with Crippen molar-refractivity contribution in [2.24, 2.45) is 39.9 Å². The summed E-state index contributed by atoms with van der Waals surface area (Å²) in [5, 5.41) is 40.2. The number of allylic oxidation sites excluding steroid dienone is 2. The molecule has 0 amide bonds. The molecule has 7 rings (SSSR count). The van der Waals surface area contributed by atoms with Gasteiger partial charge in [-0.1, -0.05) is 58.1 Å². The molecule has 350 valence electrons. The van der Waals surface area contributed by atoms with Crippen molar-refractivity contribution < 1.29 is 34.0 Å². The molecule has 0 radical (unpaired) electrons. The van der Waals surface area contributed by atoms with Gasteiger partial charge in [-0.05, 0) is 164 Å². The van der Waals surface area contributed by atoms with E-state index in [1.54, 1.807) is 6.07 Å². The number of aromatic amines is 1. The van der Waals surface area contributed by atoms with E-state index in [0.29, 0.717) is 54.0 Å². The first-order valence-electron chi connectivity index (χ1n) is 23.0. The van der Waals surface area contributed by atoms with Crippen LogP contribution in [0.4, 0.5) is 10.2 Å². The van der Waals surface area contributed by atoms with E-state index in [9.17, 15) is 34.1 Å². The number of anilines is 1. The van der Waals surface area contributed by atoms with Crippen molar-refractivity contribution in [3.05, 3.63) is 89.7 Å². The Balaban J connectivity index is 0.000000223. The third-order valence-electron chi connectivity index (χ3n) is 15.9. The highest BCUT2D eigenvalue weighted by atomic mass is 79.9. The number of halogens is 2. The summed E-state index contributed by atoms with van der Waals surface area (Å²) < 4.78 is 20.1. The number of aliphatic carboxylic acids is 1. The molecule has 0 saturated heterocycles. The molecule has 2 aromatic heterocycles. The zero-order chi connectivity index (χ0) is 46.9. The van der Waals surface area contributed by atoms with Crippen LogP contribution < -0.4 is 16.1 Å². The van der Waals surface area contributed by atoms with E-state index in [4.69, 9.17) is 4.74 Å². The summed E-state index contributed by atoms with van der Waals surface area (Å²) in [5.41, 5.74) is 3.45. The summed E-state index contributed by atoms with van der Waals surface area (Å²) in [6, 6.07) is 9.06. The molecule has 4 fully saturated rings. The van der Waals surface area contributed by atoms with Crippen LogP contribution in [0.2, 0.25) is 0 Å². The van der Waals surface area contributed by atoms with Crippen LogP contribution in [0.1, 0.15) is 122 Å². The van der Waals surface area contributed by atoms with E-state index < -0.39 is 30.0 Å². The van der Waals surface area contributed by atoms with Crippen molar-refractivity contribution in [2.75, 3.05) is 18.4 Å². The van der Waals surface area contributed by atoms with Crippen LogP contribution in [0.5, 0.6) is 0 Å². The summed E-state index contributed by atoms with van der Waals surface area (Å²) in [5.74, 6) is -0.592. The van der Waals surface area contributed by atoms with Crippen molar-refractivity contribution in [2.45, 2.75) is 138 Å². The first-order chi connectivity index (χ1) is 30.1. The van der Waals surface area contributed by atoms with Gasteiger partial charge in [0.2, 0.25) is 0 Å². The van der Waals surface area contributed by atoms with Crippen LogP contribution in [0.15, 0.2) is 69.0 Å². The standard InChI is InChI=1S/C31H48O6.C20H21BrFN3OS/c1-17(2)9-8-10-20(28(35)36)26-22-15-24(34)27-29(5)13-12-23(33)18(3)21(29)11-14-30(27,6)31(22,7)16-25(26)37-19(4)32;1-12-17(27-20(13(2)22)19(12)21)11-23-8-5-9-24-18-10-16(26)14-6-3-4-7-15(14)25-18/h9,18,21-25,27,33-34H,8,10-16H2,1-7H3,(H,35,36);3-4,6-7,10,23H,2,5,8-9,11H2,1H3,(H2,24,25,26)/b26-20+;/t18-,21-,22-,23+,24?,25-,27?,29-,30-,31-;/m0./s1. The third kappa shape index (κ3) is 9.75. The molecule has 1 aromatic carbocycles. The van der Waals surface area contributed by atoms with Crippen molar-refractivity contribution in [3.8, 4) is 0 Å². The second-order valence-corrected chi connectivity index (χ2v) is 21.8. The predicted molar refractivity (Wildman–Crippen MR) is 259 cm³/mol. The number of hydrogen-bond donors (Lipinski definition) is 6. The van der Waals surface area contributed by atoms with Crippen molar-refractivity contribution >= 4 is 61.8 Å². The predicted octanol–water partition coefficient (Wildman–Crippen LogP) is 10.9. The molecule has 2 heterocycles. The lowest BCUT2D eigenvalue weighted by Crippen LogP contribution is -2.65. The second-order valence-electron chi connectivity index (χ2n) is 19.9. The largest absolute Gasteiger partial charge is 0.478 e. The van der Waals surface area contributed by atoms with Gasteiger partial charge >= 0.3 is 11.9 Å². The number of nitrogens with one attached hydrogen (secondary N) is 3. The lowest BCUT2D eigenvalue weighted by molar-refractivity contribution is -0.234. The van der Waals surface area contributed by atoms with Crippen LogP contribution in [0, 0.1) is 46.8 Å². The molecule has 3 aromatic rings. The fourth-order valence-corrected chi connectivity index (χ4v) is 14.5. The van der Waals surface area contributed by atoms with Gasteiger partial charge in [-0.15, -0.1) is 11.3 Å². The molecule has 4 aliphatic rings. The molecule has 4 saturated carbocycles. The molecule has 2 unspecified atom stereocenters. The smallest absolute Gasteiger partial charge is 0.331 e. The molecule has 6 N–H and O–H groups in total. The number of hydrogen-bond acceptors (Lipinski definition) is 9. The molecule has 13 heteroatoms. The average Bonchev–Trinajstić information content (AvgIpc) is 3.67. The Hall–Kier alpha value is -3.62. The quantitative estimate of drug-likeness (QED) is 0.0424. The minimum atomic E-state index is -0.953. The zero-order valence-electron chi connectivity index (χ0n) is 38.8. The van der Waals surface area contributed by atoms with Gasteiger partial charge in [0.25, 0.3) is 0 Å². The molecule has 10 atom stereocenters. The normalized spacial score (nSPS) is 31.4. The number of para-hydroxylation sites is 1.